The van der Waals surface area contributed by atoms with Crippen molar-refractivity contribution in [1.29, 1.82) is 5.26 Å². The summed E-state index contributed by atoms with van der Waals surface area (Å²) in [6.45, 7) is 4.14. The van der Waals surface area contributed by atoms with Gasteiger partial charge in [-0.3, -0.25) is 0 Å². The SMILES string of the molecule is CC(C)(C#N)c1ccc(NCc2cc(O)cc(F)c2)cc1. The average molecular weight is 284 g/mol. The van der Waals surface area contributed by atoms with E-state index >= 15 is 0 Å². The van der Waals surface area contributed by atoms with Crippen molar-refractivity contribution in [1.82, 2.24) is 0 Å². The zero-order valence-electron chi connectivity index (χ0n) is 12.0. The molecule has 21 heavy (non-hydrogen) atoms. The smallest absolute Gasteiger partial charge is 0.127 e. The second-order valence-corrected chi connectivity index (χ2v) is 5.49. The Hall–Kier alpha value is -2.54. The van der Waals surface area contributed by atoms with Crippen molar-refractivity contribution < 1.29 is 9.50 Å². The van der Waals surface area contributed by atoms with Crippen LogP contribution in [0.3, 0.4) is 0 Å². The molecule has 0 bridgehead atoms. The predicted molar refractivity (Wildman–Crippen MR) is 80.5 cm³/mol. The molecule has 0 fully saturated rings. The summed E-state index contributed by atoms with van der Waals surface area (Å²) >= 11 is 0. The maximum atomic E-state index is 13.2. The summed E-state index contributed by atoms with van der Waals surface area (Å²) in [6, 6.07) is 13.8. The highest BCUT2D eigenvalue weighted by Gasteiger charge is 2.18. The number of rotatable bonds is 4. The number of hydrogen-bond donors (Lipinski definition) is 2. The number of anilines is 1. The van der Waals surface area contributed by atoms with Gasteiger partial charge in [-0.1, -0.05) is 12.1 Å². The number of benzene rings is 2. The van der Waals surface area contributed by atoms with Gasteiger partial charge < -0.3 is 10.4 Å². The zero-order chi connectivity index (χ0) is 15.5. The van der Waals surface area contributed by atoms with Crippen LogP contribution in [0.25, 0.3) is 0 Å². The molecule has 0 amide bonds. The molecule has 4 heteroatoms. The highest BCUT2D eigenvalue weighted by atomic mass is 19.1. The van der Waals surface area contributed by atoms with E-state index in [0.29, 0.717) is 12.1 Å². The first-order chi connectivity index (χ1) is 9.90. The molecule has 0 aliphatic heterocycles. The summed E-state index contributed by atoms with van der Waals surface area (Å²) in [5.74, 6) is -0.546. The second kappa shape index (κ2) is 5.84. The summed E-state index contributed by atoms with van der Waals surface area (Å²) in [5.41, 5.74) is 1.96. The molecular formula is C17H17FN2O. The van der Waals surface area contributed by atoms with Gasteiger partial charge in [0.05, 0.1) is 11.5 Å². The van der Waals surface area contributed by atoms with Gasteiger partial charge in [-0.15, -0.1) is 0 Å². The summed E-state index contributed by atoms with van der Waals surface area (Å²) in [7, 11) is 0. The highest BCUT2D eigenvalue weighted by Crippen LogP contribution is 2.24. The van der Waals surface area contributed by atoms with Gasteiger partial charge in [0.2, 0.25) is 0 Å². The number of aromatic hydroxyl groups is 1. The third-order valence-electron chi connectivity index (χ3n) is 3.33. The Morgan fingerprint density at radius 2 is 1.86 bits per heavy atom. The topological polar surface area (TPSA) is 56.0 Å². The van der Waals surface area contributed by atoms with Crippen LogP contribution in [0.15, 0.2) is 42.5 Å². The lowest BCUT2D eigenvalue weighted by atomic mass is 9.86. The van der Waals surface area contributed by atoms with Crippen molar-refractivity contribution in [2.24, 2.45) is 0 Å². The Kier molecular flexibility index (Phi) is 4.13. The fourth-order valence-corrected chi connectivity index (χ4v) is 2.01. The second-order valence-electron chi connectivity index (χ2n) is 5.49. The molecule has 0 unspecified atom stereocenters. The monoisotopic (exact) mass is 284 g/mol. The summed E-state index contributed by atoms with van der Waals surface area (Å²) in [6.07, 6.45) is 0. The van der Waals surface area contributed by atoms with E-state index in [1.165, 1.54) is 12.1 Å². The fourth-order valence-electron chi connectivity index (χ4n) is 2.01. The third kappa shape index (κ3) is 3.73. The fraction of sp³-hybridized carbons (Fsp3) is 0.235. The van der Waals surface area contributed by atoms with E-state index < -0.39 is 11.2 Å². The molecule has 108 valence electrons. The van der Waals surface area contributed by atoms with Crippen molar-refractivity contribution in [2.45, 2.75) is 25.8 Å². The lowest BCUT2D eigenvalue weighted by Crippen LogP contribution is -2.13. The van der Waals surface area contributed by atoms with E-state index in [1.54, 1.807) is 0 Å². The number of phenolic OH excluding ortho intramolecular Hbond substituents is 1. The van der Waals surface area contributed by atoms with Crippen LogP contribution in [-0.4, -0.2) is 5.11 Å². The van der Waals surface area contributed by atoms with Crippen LogP contribution in [-0.2, 0) is 12.0 Å². The van der Waals surface area contributed by atoms with E-state index in [1.807, 2.05) is 38.1 Å². The lowest BCUT2D eigenvalue weighted by molar-refractivity contribution is 0.468. The van der Waals surface area contributed by atoms with E-state index in [-0.39, 0.29) is 5.75 Å². The first-order valence-corrected chi connectivity index (χ1v) is 6.65. The molecule has 2 aromatic rings. The molecule has 2 N–H and O–H groups in total. The minimum atomic E-state index is -0.521. The number of nitrogens with zero attached hydrogens (tertiary/aromatic N) is 1. The maximum absolute atomic E-state index is 13.2. The molecule has 2 aromatic carbocycles. The number of nitrogens with one attached hydrogen (secondary N) is 1. The molecule has 0 aromatic heterocycles. The number of halogens is 1. The van der Waals surface area contributed by atoms with Crippen LogP contribution in [0.5, 0.6) is 5.75 Å². The van der Waals surface area contributed by atoms with E-state index in [9.17, 15) is 9.50 Å². The van der Waals surface area contributed by atoms with Gasteiger partial charge in [-0.2, -0.15) is 5.26 Å². The molecule has 0 spiro atoms. The first-order valence-electron chi connectivity index (χ1n) is 6.65. The van der Waals surface area contributed by atoms with Crippen molar-refractivity contribution in [3.63, 3.8) is 0 Å². The van der Waals surface area contributed by atoms with Gasteiger partial charge in [-0.25, -0.2) is 4.39 Å². The quantitative estimate of drug-likeness (QED) is 0.894. The molecule has 0 saturated heterocycles. The molecule has 3 nitrogen and oxygen atoms in total. The van der Waals surface area contributed by atoms with Crippen LogP contribution in [0, 0.1) is 17.1 Å². The first kappa shape index (κ1) is 14.9. The van der Waals surface area contributed by atoms with E-state index in [4.69, 9.17) is 5.26 Å². The Labute approximate surface area is 123 Å². The van der Waals surface area contributed by atoms with Crippen LogP contribution in [0.1, 0.15) is 25.0 Å². The Bertz CT molecular complexity index is 652. The Morgan fingerprint density at radius 3 is 2.43 bits per heavy atom. The Balaban J connectivity index is 2.06. The minimum Gasteiger partial charge on any atom is -0.508 e. The molecule has 0 radical (unpaired) electrons. The number of phenols is 1. The number of hydrogen-bond acceptors (Lipinski definition) is 3. The van der Waals surface area contributed by atoms with Gasteiger partial charge in [0.15, 0.2) is 0 Å². The molecule has 0 heterocycles. The van der Waals surface area contributed by atoms with Gasteiger partial charge in [-0.05, 0) is 49.2 Å². The molecule has 0 saturated carbocycles. The van der Waals surface area contributed by atoms with Crippen LogP contribution < -0.4 is 5.32 Å². The summed E-state index contributed by atoms with van der Waals surface area (Å²) < 4.78 is 13.2. The van der Waals surface area contributed by atoms with Crippen LogP contribution in [0.2, 0.25) is 0 Å². The molecule has 2 rings (SSSR count). The van der Waals surface area contributed by atoms with Crippen LogP contribution >= 0.6 is 0 Å². The Morgan fingerprint density at radius 1 is 1.19 bits per heavy atom. The molecule has 0 atom stereocenters. The minimum absolute atomic E-state index is 0.0853. The molecular weight excluding hydrogens is 267 g/mol. The van der Waals surface area contributed by atoms with Gasteiger partial charge in [0.1, 0.15) is 11.6 Å². The van der Waals surface area contributed by atoms with Crippen molar-refractivity contribution in [3.05, 3.63) is 59.4 Å². The average Bonchev–Trinajstić information content (AvgIpc) is 2.44. The highest BCUT2D eigenvalue weighted by molar-refractivity contribution is 5.47. The lowest BCUT2D eigenvalue weighted by Gasteiger charge is -2.16. The predicted octanol–water partition coefficient (Wildman–Crippen LogP) is 3.94. The standard InChI is InChI=1S/C17H17FN2O/c1-17(2,11-19)13-3-5-15(6-4-13)20-10-12-7-14(18)9-16(21)8-12/h3-9,20-21H,10H2,1-2H3. The normalized spacial score (nSPS) is 11.0. The van der Waals surface area contributed by atoms with Gasteiger partial charge in [0.25, 0.3) is 0 Å². The van der Waals surface area contributed by atoms with Gasteiger partial charge in [0, 0.05) is 18.3 Å². The number of nitriles is 1. The summed E-state index contributed by atoms with van der Waals surface area (Å²) in [5, 5.41) is 21.6. The van der Waals surface area contributed by atoms with Crippen LogP contribution in [0.4, 0.5) is 10.1 Å². The zero-order valence-corrected chi connectivity index (χ0v) is 12.0. The maximum Gasteiger partial charge on any atom is 0.127 e. The largest absolute Gasteiger partial charge is 0.508 e. The van der Waals surface area contributed by atoms with Crippen molar-refractivity contribution >= 4 is 5.69 Å². The van der Waals surface area contributed by atoms with Crippen molar-refractivity contribution in [2.75, 3.05) is 5.32 Å². The molecule has 0 aliphatic rings. The van der Waals surface area contributed by atoms with Gasteiger partial charge >= 0.3 is 0 Å². The van der Waals surface area contributed by atoms with E-state index in [0.717, 1.165) is 17.3 Å². The molecule has 0 aliphatic carbocycles. The summed E-state index contributed by atoms with van der Waals surface area (Å²) in [4.78, 5) is 0. The van der Waals surface area contributed by atoms with Crippen molar-refractivity contribution in [3.8, 4) is 11.8 Å². The third-order valence-corrected chi connectivity index (χ3v) is 3.33. The van der Waals surface area contributed by atoms with E-state index in [2.05, 4.69) is 11.4 Å².